The van der Waals surface area contributed by atoms with Crippen LogP contribution in [0.3, 0.4) is 0 Å². The summed E-state index contributed by atoms with van der Waals surface area (Å²) >= 11 is 0. The molecule has 0 aliphatic carbocycles. The summed E-state index contributed by atoms with van der Waals surface area (Å²) in [7, 11) is -3.80. The molecule has 2 aromatic carbocycles. The molecule has 0 saturated carbocycles. The lowest BCUT2D eigenvalue weighted by atomic mass is 10.2. The zero-order chi connectivity index (χ0) is 14.9. The average Bonchev–Trinajstić information content (AvgIpc) is 2.47. The van der Waals surface area contributed by atoms with E-state index in [0.29, 0.717) is 12.2 Å². The molecule has 0 unspecified atom stereocenters. The third kappa shape index (κ3) is 2.87. The molecule has 1 aliphatic rings. The molecule has 0 atom stereocenters. The van der Waals surface area contributed by atoms with Crippen molar-refractivity contribution < 1.29 is 12.8 Å². The molecule has 21 heavy (non-hydrogen) atoms. The van der Waals surface area contributed by atoms with E-state index in [9.17, 15) is 12.8 Å². The van der Waals surface area contributed by atoms with Crippen molar-refractivity contribution >= 4 is 21.7 Å². The Morgan fingerprint density at radius 2 is 1.86 bits per heavy atom. The Kier molecular flexibility index (Phi) is 3.34. The number of rotatable bonds is 2. The van der Waals surface area contributed by atoms with Gasteiger partial charge in [0, 0.05) is 0 Å². The molecule has 7 heteroatoms. The van der Waals surface area contributed by atoms with Gasteiger partial charge < -0.3 is 5.32 Å². The zero-order valence-corrected chi connectivity index (χ0v) is 11.7. The van der Waals surface area contributed by atoms with Crippen LogP contribution >= 0.6 is 0 Å². The first-order chi connectivity index (χ1) is 10.0. The highest BCUT2D eigenvalue weighted by Crippen LogP contribution is 2.25. The van der Waals surface area contributed by atoms with Gasteiger partial charge in [0.15, 0.2) is 0 Å². The Labute approximate surface area is 121 Å². The number of halogens is 1. The zero-order valence-electron chi connectivity index (χ0n) is 10.9. The van der Waals surface area contributed by atoms with E-state index in [2.05, 4.69) is 15.0 Å². The molecule has 0 radical (unpaired) electrons. The van der Waals surface area contributed by atoms with E-state index in [1.165, 1.54) is 12.1 Å². The van der Waals surface area contributed by atoms with Crippen molar-refractivity contribution in [3.63, 3.8) is 0 Å². The maximum absolute atomic E-state index is 13.2. The van der Waals surface area contributed by atoms with E-state index in [1.807, 2.05) is 30.3 Å². The molecule has 2 aromatic rings. The van der Waals surface area contributed by atoms with Gasteiger partial charge >= 0.3 is 0 Å². The van der Waals surface area contributed by atoms with Gasteiger partial charge in [0.25, 0.3) is 10.0 Å². The van der Waals surface area contributed by atoms with Crippen molar-refractivity contribution in [2.45, 2.75) is 11.4 Å². The lowest BCUT2D eigenvalue weighted by Crippen LogP contribution is -2.40. The van der Waals surface area contributed by atoms with Crippen LogP contribution in [0.4, 0.5) is 10.1 Å². The van der Waals surface area contributed by atoms with Gasteiger partial charge in [-0.05, 0) is 23.8 Å². The predicted molar refractivity (Wildman–Crippen MR) is 77.9 cm³/mol. The first-order valence-corrected chi connectivity index (χ1v) is 7.71. The van der Waals surface area contributed by atoms with Gasteiger partial charge in [-0.1, -0.05) is 30.3 Å². The molecule has 0 amide bonds. The summed E-state index contributed by atoms with van der Waals surface area (Å²) < 4.78 is 39.5. The summed E-state index contributed by atoms with van der Waals surface area (Å²) in [5.74, 6) is -0.483. The quantitative estimate of drug-likeness (QED) is 0.892. The van der Waals surface area contributed by atoms with Crippen LogP contribution in [-0.2, 0) is 16.6 Å². The van der Waals surface area contributed by atoms with Crippen LogP contribution in [0.5, 0.6) is 0 Å². The van der Waals surface area contributed by atoms with Gasteiger partial charge in [0.05, 0.1) is 12.2 Å². The molecule has 5 nitrogen and oxygen atoms in total. The minimum Gasteiger partial charge on any atom is -0.324 e. The number of guanidine groups is 1. The van der Waals surface area contributed by atoms with Crippen molar-refractivity contribution in [1.29, 1.82) is 0 Å². The van der Waals surface area contributed by atoms with Crippen LogP contribution in [0, 0.1) is 5.82 Å². The number of nitrogens with zero attached hydrogens (tertiary/aromatic N) is 1. The van der Waals surface area contributed by atoms with E-state index >= 15 is 0 Å². The number of anilines is 1. The second kappa shape index (κ2) is 5.17. The minimum absolute atomic E-state index is 0.123. The minimum atomic E-state index is -3.80. The number of nitrogens with one attached hydrogen (secondary N) is 2. The molecule has 0 fully saturated rings. The van der Waals surface area contributed by atoms with Gasteiger partial charge in [-0.2, -0.15) is 0 Å². The summed E-state index contributed by atoms with van der Waals surface area (Å²) in [6.07, 6.45) is 0. The normalized spacial score (nSPS) is 17.7. The maximum atomic E-state index is 13.2. The Morgan fingerprint density at radius 1 is 1.10 bits per heavy atom. The standard InChI is InChI=1S/C14H12FN3O2S/c15-11-6-7-12-13(8-11)21(19,20)18-14(17-12)16-9-10-4-2-1-3-5-10/h1-8H,9H2,(H2,16,17,18). The van der Waals surface area contributed by atoms with Gasteiger partial charge in [-0.3, -0.25) is 0 Å². The summed E-state index contributed by atoms with van der Waals surface area (Å²) in [6, 6.07) is 13.0. The van der Waals surface area contributed by atoms with E-state index in [0.717, 1.165) is 11.6 Å². The molecule has 3 rings (SSSR count). The monoisotopic (exact) mass is 305 g/mol. The van der Waals surface area contributed by atoms with Crippen LogP contribution < -0.4 is 10.0 Å². The Morgan fingerprint density at radius 3 is 2.62 bits per heavy atom. The molecular formula is C14H12FN3O2S. The van der Waals surface area contributed by atoms with Crippen LogP contribution in [-0.4, -0.2) is 14.4 Å². The highest BCUT2D eigenvalue weighted by Gasteiger charge is 2.26. The smallest absolute Gasteiger partial charge is 0.266 e. The van der Waals surface area contributed by atoms with E-state index in [1.54, 1.807) is 0 Å². The molecular weight excluding hydrogens is 293 g/mol. The third-order valence-corrected chi connectivity index (χ3v) is 4.36. The summed E-state index contributed by atoms with van der Waals surface area (Å²) in [6.45, 7) is 0.336. The van der Waals surface area contributed by atoms with Crippen LogP contribution in [0.25, 0.3) is 0 Å². The van der Waals surface area contributed by atoms with Gasteiger partial charge in [-0.25, -0.2) is 22.5 Å². The van der Waals surface area contributed by atoms with E-state index < -0.39 is 15.8 Å². The summed E-state index contributed by atoms with van der Waals surface area (Å²) in [5.41, 5.74) is 1.26. The number of hydrogen-bond acceptors (Lipinski definition) is 3. The van der Waals surface area contributed by atoms with Crippen LogP contribution in [0.2, 0.25) is 0 Å². The van der Waals surface area contributed by atoms with E-state index in [4.69, 9.17) is 0 Å². The van der Waals surface area contributed by atoms with Crippen molar-refractivity contribution in [2.75, 3.05) is 5.32 Å². The van der Waals surface area contributed by atoms with Gasteiger partial charge in [-0.15, -0.1) is 0 Å². The van der Waals surface area contributed by atoms with E-state index in [-0.39, 0.29) is 10.9 Å². The fourth-order valence-electron chi connectivity index (χ4n) is 1.98. The van der Waals surface area contributed by atoms with Gasteiger partial charge in [0.2, 0.25) is 5.96 Å². The fourth-order valence-corrected chi connectivity index (χ4v) is 3.14. The average molecular weight is 305 g/mol. The second-order valence-electron chi connectivity index (χ2n) is 4.52. The Balaban J connectivity index is 1.90. The Bertz CT molecular complexity index is 804. The molecule has 0 aromatic heterocycles. The van der Waals surface area contributed by atoms with Crippen molar-refractivity contribution in [3.05, 3.63) is 59.9 Å². The number of benzene rings is 2. The molecule has 2 N–H and O–H groups in total. The molecule has 1 aliphatic heterocycles. The third-order valence-electron chi connectivity index (χ3n) is 2.98. The maximum Gasteiger partial charge on any atom is 0.266 e. The SMILES string of the molecule is O=S1(=O)NC(=NCc2ccccc2)Nc2ccc(F)cc21. The highest BCUT2D eigenvalue weighted by molar-refractivity contribution is 7.90. The topological polar surface area (TPSA) is 70.6 Å². The molecule has 108 valence electrons. The van der Waals surface area contributed by atoms with Crippen molar-refractivity contribution in [1.82, 2.24) is 4.72 Å². The van der Waals surface area contributed by atoms with Crippen molar-refractivity contribution in [3.8, 4) is 0 Å². The number of hydrogen-bond donors (Lipinski definition) is 2. The van der Waals surface area contributed by atoms with Gasteiger partial charge in [0.1, 0.15) is 10.7 Å². The number of sulfonamides is 1. The second-order valence-corrected chi connectivity index (χ2v) is 6.17. The van der Waals surface area contributed by atoms with Crippen LogP contribution in [0.1, 0.15) is 5.56 Å². The highest BCUT2D eigenvalue weighted by atomic mass is 32.2. The molecule has 0 saturated heterocycles. The first kappa shape index (κ1) is 13.6. The predicted octanol–water partition coefficient (Wildman–Crippen LogP) is 2.09. The molecule has 1 heterocycles. The van der Waals surface area contributed by atoms with Crippen LogP contribution in [0.15, 0.2) is 58.4 Å². The van der Waals surface area contributed by atoms with Crippen molar-refractivity contribution in [2.24, 2.45) is 4.99 Å². The fraction of sp³-hybridized carbons (Fsp3) is 0.0714. The molecule has 0 spiro atoms. The largest absolute Gasteiger partial charge is 0.324 e. The summed E-state index contributed by atoms with van der Waals surface area (Å²) in [4.78, 5) is 4.07. The number of aliphatic imine (C=N–C) groups is 1. The Hall–Kier alpha value is -2.41. The number of fused-ring (bicyclic) bond motifs is 1. The summed E-state index contributed by atoms with van der Waals surface area (Å²) in [5, 5.41) is 2.84. The lowest BCUT2D eigenvalue weighted by Gasteiger charge is -2.21. The lowest BCUT2D eigenvalue weighted by molar-refractivity contribution is 0.586. The first-order valence-electron chi connectivity index (χ1n) is 6.22. The molecule has 0 bridgehead atoms.